The van der Waals surface area contributed by atoms with Gasteiger partial charge in [0.1, 0.15) is 23.9 Å². The Morgan fingerprint density at radius 2 is 2.07 bits per heavy atom. The zero-order valence-corrected chi connectivity index (χ0v) is 8.41. The Bertz CT molecular complexity index is 233. The first kappa shape index (κ1) is 12.6. The zero-order chi connectivity index (χ0) is 11.6. The van der Waals surface area contributed by atoms with Gasteiger partial charge in [0, 0.05) is 7.11 Å². The molecule has 0 spiro atoms. The molecule has 1 saturated heterocycles. The van der Waals surface area contributed by atoms with Gasteiger partial charge in [0.2, 0.25) is 0 Å². The summed E-state index contributed by atoms with van der Waals surface area (Å²) in [7, 11) is 1.28. The molecule has 88 valence electrons. The molecule has 1 aliphatic rings. The van der Waals surface area contributed by atoms with Crippen molar-refractivity contribution in [1.82, 2.24) is 0 Å². The third-order valence-corrected chi connectivity index (χ3v) is 2.65. The Hall–Kier alpha value is -0.500. The third kappa shape index (κ3) is 1.92. The largest absolute Gasteiger partial charge is 0.393 e. The summed E-state index contributed by atoms with van der Waals surface area (Å²) >= 11 is 0. The highest BCUT2D eigenvalue weighted by atomic mass is 16.7. The van der Waals surface area contributed by atoms with E-state index in [0.717, 1.165) is 0 Å². The number of hydrogen-bond donors (Lipinski definition) is 4. The zero-order valence-electron chi connectivity index (χ0n) is 8.41. The molecule has 0 aromatic rings. The van der Waals surface area contributed by atoms with Crippen LogP contribution in [0.25, 0.3) is 0 Å². The molecule has 0 aromatic heterocycles. The first-order valence-electron chi connectivity index (χ1n) is 4.51. The smallest absolute Gasteiger partial charge is 0.184 e. The van der Waals surface area contributed by atoms with Gasteiger partial charge in [0.05, 0.1) is 6.61 Å². The summed E-state index contributed by atoms with van der Waals surface area (Å²) in [5, 5.41) is 37.8. The molecule has 6 nitrogen and oxygen atoms in total. The molecule has 0 amide bonds. The highest BCUT2D eigenvalue weighted by molar-refractivity contribution is 5.09. The van der Waals surface area contributed by atoms with Gasteiger partial charge in [0.25, 0.3) is 0 Å². The van der Waals surface area contributed by atoms with Crippen molar-refractivity contribution in [3.05, 3.63) is 12.7 Å². The molecule has 5 atom stereocenters. The minimum atomic E-state index is -1.54. The van der Waals surface area contributed by atoms with Crippen LogP contribution in [0.3, 0.4) is 0 Å². The quantitative estimate of drug-likeness (QED) is 0.410. The summed E-state index contributed by atoms with van der Waals surface area (Å²) in [6.45, 7) is 2.84. The maximum absolute atomic E-state index is 9.82. The molecule has 0 saturated carbocycles. The molecule has 1 aliphatic heterocycles. The maximum atomic E-state index is 9.82. The van der Waals surface area contributed by atoms with Crippen LogP contribution in [0, 0.1) is 0 Å². The van der Waals surface area contributed by atoms with Crippen molar-refractivity contribution in [2.24, 2.45) is 0 Å². The van der Waals surface area contributed by atoms with Gasteiger partial charge in [-0.15, -0.1) is 6.58 Å². The SMILES string of the molecule is C=CC1(CO)OC(O)C(O)[C@@H](OC)[C@H]1O. The van der Waals surface area contributed by atoms with E-state index >= 15 is 0 Å². The van der Waals surface area contributed by atoms with Gasteiger partial charge >= 0.3 is 0 Å². The fraction of sp³-hybridized carbons (Fsp3) is 0.778. The number of hydrogen-bond acceptors (Lipinski definition) is 6. The predicted molar refractivity (Wildman–Crippen MR) is 49.9 cm³/mol. The maximum Gasteiger partial charge on any atom is 0.184 e. The van der Waals surface area contributed by atoms with Gasteiger partial charge in [-0.25, -0.2) is 0 Å². The van der Waals surface area contributed by atoms with Crippen LogP contribution in [-0.2, 0) is 9.47 Å². The summed E-state index contributed by atoms with van der Waals surface area (Å²) < 4.78 is 9.78. The lowest BCUT2D eigenvalue weighted by atomic mass is 9.87. The molecule has 1 rings (SSSR count). The number of aliphatic hydroxyl groups excluding tert-OH is 4. The number of methoxy groups -OCH3 is 1. The van der Waals surface area contributed by atoms with E-state index in [1.165, 1.54) is 13.2 Å². The van der Waals surface area contributed by atoms with Gasteiger partial charge in [0.15, 0.2) is 6.29 Å². The van der Waals surface area contributed by atoms with Crippen molar-refractivity contribution in [2.75, 3.05) is 13.7 Å². The lowest BCUT2D eigenvalue weighted by Crippen LogP contribution is -2.65. The van der Waals surface area contributed by atoms with Crippen LogP contribution in [0.4, 0.5) is 0 Å². The summed E-state index contributed by atoms with van der Waals surface area (Å²) in [6, 6.07) is 0. The fourth-order valence-corrected chi connectivity index (χ4v) is 1.62. The molecule has 4 N–H and O–H groups in total. The monoisotopic (exact) mass is 220 g/mol. The van der Waals surface area contributed by atoms with E-state index in [4.69, 9.17) is 14.6 Å². The van der Waals surface area contributed by atoms with Gasteiger partial charge in [-0.2, -0.15) is 0 Å². The Morgan fingerprint density at radius 1 is 1.47 bits per heavy atom. The third-order valence-electron chi connectivity index (χ3n) is 2.65. The molecule has 15 heavy (non-hydrogen) atoms. The van der Waals surface area contributed by atoms with Crippen LogP contribution in [0.5, 0.6) is 0 Å². The van der Waals surface area contributed by atoms with Crippen LogP contribution < -0.4 is 0 Å². The van der Waals surface area contributed by atoms with E-state index in [2.05, 4.69) is 6.58 Å². The molecular weight excluding hydrogens is 204 g/mol. The predicted octanol–water partition coefficient (Wildman–Crippen LogP) is -2.01. The van der Waals surface area contributed by atoms with Gasteiger partial charge in [-0.1, -0.05) is 6.08 Å². The summed E-state index contributed by atoms with van der Waals surface area (Å²) in [5.74, 6) is 0. The molecule has 0 aliphatic carbocycles. The summed E-state index contributed by atoms with van der Waals surface area (Å²) in [4.78, 5) is 0. The Balaban J connectivity index is 2.98. The van der Waals surface area contributed by atoms with E-state index in [9.17, 15) is 15.3 Å². The van der Waals surface area contributed by atoms with Crippen LogP contribution >= 0.6 is 0 Å². The second-order valence-corrected chi connectivity index (χ2v) is 3.46. The van der Waals surface area contributed by atoms with Crippen molar-refractivity contribution in [3.8, 4) is 0 Å². The second-order valence-electron chi connectivity index (χ2n) is 3.46. The molecule has 6 heteroatoms. The first-order chi connectivity index (χ1) is 7.02. The highest BCUT2D eigenvalue weighted by Crippen LogP contribution is 2.31. The first-order valence-corrected chi connectivity index (χ1v) is 4.51. The van der Waals surface area contributed by atoms with Crippen LogP contribution in [0.2, 0.25) is 0 Å². The van der Waals surface area contributed by atoms with Crippen molar-refractivity contribution in [1.29, 1.82) is 0 Å². The molecular formula is C9H16O6. The van der Waals surface area contributed by atoms with E-state index in [0.29, 0.717) is 0 Å². The second kappa shape index (κ2) is 4.56. The van der Waals surface area contributed by atoms with Crippen molar-refractivity contribution >= 4 is 0 Å². The van der Waals surface area contributed by atoms with Crippen molar-refractivity contribution in [3.63, 3.8) is 0 Å². The molecule has 0 radical (unpaired) electrons. The van der Waals surface area contributed by atoms with Crippen LogP contribution in [-0.4, -0.2) is 64.3 Å². The number of aliphatic hydroxyl groups is 4. The van der Waals surface area contributed by atoms with Crippen molar-refractivity contribution in [2.45, 2.75) is 30.2 Å². The normalized spacial score (nSPS) is 46.5. The van der Waals surface area contributed by atoms with Gasteiger partial charge < -0.3 is 29.9 Å². The Morgan fingerprint density at radius 3 is 2.47 bits per heavy atom. The number of rotatable bonds is 3. The minimum Gasteiger partial charge on any atom is -0.393 e. The fourth-order valence-electron chi connectivity index (χ4n) is 1.62. The molecule has 0 bridgehead atoms. The lowest BCUT2D eigenvalue weighted by molar-refractivity contribution is -0.315. The number of ether oxygens (including phenoxy) is 2. The van der Waals surface area contributed by atoms with E-state index < -0.39 is 36.8 Å². The standard InChI is InChI=1S/C9H16O6/c1-3-9(4-10)7(12)6(14-2)5(11)8(13)15-9/h3,5-8,10-13H,1,4H2,2H3/t5?,6-,7-,8?,9?/m1/s1. The van der Waals surface area contributed by atoms with E-state index in [1.54, 1.807) is 0 Å². The average molecular weight is 220 g/mol. The average Bonchev–Trinajstić information content (AvgIpc) is 2.25. The van der Waals surface area contributed by atoms with Gasteiger partial charge in [-0.3, -0.25) is 0 Å². The van der Waals surface area contributed by atoms with E-state index in [1.807, 2.05) is 0 Å². The van der Waals surface area contributed by atoms with Crippen LogP contribution in [0.15, 0.2) is 12.7 Å². The summed E-state index contributed by atoms with van der Waals surface area (Å²) in [5.41, 5.74) is -1.51. The lowest BCUT2D eigenvalue weighted by Gasteiger charge is -2.46. The molecule has 1 fully saturated rings. The Kier molecular flexibility index (Phi) is 3.82. The Labute approximate surface area is 87.4 Å². The topological polar surface area (TPSA) is 99.4 Å². The van der Waals surface area contributed by atoms with Gasteiger partial charge in [-0.05, 0) is 0 Å². The molecule has 3 unspecified atom stereocenters. The van der Waals surface area contributed by atoms with E-state index in [-0.39, 0.29) is 0 Å². The van der Waals surface area contributed by atoms with Crippen molar-refractivity contribution < 1.29 is 29.9 Å². The molecule has 1 heterocycles. The van der Waals surface area contributed by atoms with Crippen LogP contribution in [0.1, 0.15) is 0 Å². The highest BCUT2D eigenvalue weighted by Gasteiger charge is 2.52. The molecule has 0 aromatic carbocycles. The summed E-state index contributed by atoms with van der Waals surface area (Å²) in [6.07, 6.45) is -4.07. The minimum absolute atomic E-state index is 0.568.